The Morgan fingerprint density at radius 1 is 1.33 bits per heavy atom. The summed E-state index contributed by atoms with van der Waals surface area (Å²) in [5.74, 6) is -0.437. The fourth-order valence-corrected chi connectivity index (χ4v) is 2.27. The molecule has 0 aromatic heterocycles. The number of carbonyl (C=O) groups excluding carboxylic acids is 2. The second-order valence-corrected chi connectivity index (χ2v) is 4.78. The van der Waals surface area contributed by atoms with Gasteiger partial charge in [-0.1, -0.05) is 19.3 Å². The maximum Gasteiger partial charge on any atom is 0.321 e. The predicted octanol–water partition coefficient (Wildman–Crippen LogP) is 0.509. The van der Waals surface area contributed by atoms with Crippen LogP contribution in [0.25, 0.3) is 0 Å². The van der Waals surface area contributed by atoms with Crippen molar-refractivity contribution in [3.8, 4) is 0 Å². The van der Waals surface area contributed by atoms with Crippen LogP contribution in [-0.2, 0) is 9.53 Å². The lowest BCUT2D eigenvalue weighted by Crippen LogP contribution is -2.50. The summed E-state index contributed by atoms with van der Waals surface area (Å²) in [6.07, 6.45) is 4.40. The van der Waals surface area contributed by atoms with Crippen molar-refractivity contribution in [2.75, 3.05) is 13.6 Å². The van der Waals surface area contributed by atoms with Gasteiger partial charge < -0.3 is 15.8 Å². The molecule has 18 heavy (non-hydrogen) atoms. The Morgan fingerprint density at radius 3 is 2.44 bits per heavy atom. The molecule has 1 saturated carbocycles. The topological polar surface area (TPSA) is 93.5 Å². The van der Waals surface area contributed by atoms with E-state index in [2.05, 4.69) is 10.6 Å². The second-order valence-electron chi connectivity index (χ2n) is 4.78. The molecule has 0 radical (unpaired) electrons. The van der Waals surface area contributed by atoms with E-state index in [1.54, 1.807) is 6.92 Å². The van der Waals surface area contributed by atoms with Gasteiger partial charge in [-0.2, -0.15) is 0 Å². The van der Waals surface area contributed by atoms with Crippen molar-refractivity contribution < 1.29 is 14.3 Å². The number of nitrogens with one attached hydrogen (secondary N) is 2. The van der Waals surface area contributed by atoms with Crippen LogP contribution in [0.2, 0.25) is 0 Å². The van der Waals surface area contributed by atoms with E-state index in [1.165, 1.54) is 13.5 Å². The molecule has 0 spiro atoms. The molecule has 0 aromatic carbocycles. The summed E-state index contributed by atoms with van der Waals surface area (Å²) >= 11 is 0. The van der Waals surface area contributed by atoms with Gasteiger partial charge in [0, 0.05) is 13.6 Å². The number of nitrogens with two attached hydrogens (primary N) is 1. The number of hydrogen-bond acceptors (Lipinski definition) is 4. The summed E-state index contributed by atoms with van der Waals surface area (Å²) in [5.41, 5.74) is 5.37. The summed E-state index contributed by atoms with van der Waals surface area (Å²) in [5, 5.41) is 4.53. The minimum Gasteiger partial charge on any atom is -0.361 e. The van der Waals surface area contributed by atoms with Crippen LogP contribution in [0.1, 0.15) is 39.0 Å². The van der Waals surface area contributed by atoms with Crippen molar-refractivity contribution in [2.24, 2.45) is 5.73 Å². The first-order valence-electron chi connectivity index (χ1n) is 6.43. The molecule has 1 aliphatic rings. The van der Waals surface area contributed by atoms with Gasteiger partial charge in [0.05, 0.1) is 5.60 Å². The molecule has 104 valence electrons. The van der Waals surface area contributed by atoms with Crippen molar-refractivity contribution in [1.82, 2.24) is 10.6 Å². The van der Waals surface area contributed by atoms with Crippen LogP contribution in [0, 0.1) is 0 Å². The largest absolute Gasteiger partial charge is 0.361 e. The molecule has 0 heterocycles. The average molecular weight is 257 g/mol. The SMILES string of the molecule is CNC(=O)NC(=O)C(C)OC1(CN)CCCCC1. The minimum atomic E-state index is -0.677. The zero-order valence-electron chi connectivity index (χ0n) is 11.1. The molecule has 1 atom stereocenters. The van der Waals surface area contributed by atoms with Gasteiger partial charge in [-0.05, 0) is 19.8 Å². The molecule has 0 aromatic rings. The molecule has 0 bridgehead atoms. The van der Waals surface area contributed by atoms with Gasteiger partial charge in [0.2, 0.25) is 0 Å². The Bertz CT molecular complexity index is 301. The molecule has 1 unspecified atom stereocenters. The van der Waals surface area contributed by atoms with Gasteiger partial charge in [-0.3, -0.25) is 10.1 Å². The molecule has 0 aliphatic heterocycles. The molecule has 4 N–H and O–H groups in total. The molecular weight excluding hydrogens is 234 g/mol. The van der Waals surface area contributed by atoms with Crippen LogP contribution in [-0.4, -0.2) is 37.2 Å². The number of imide groups is 1. The van der Waals surface area contributed by atoms with Crippen LogP contribution in [0.3, 0.4) is 0 Å². The highest BCUT2D eigenvalue weighted by Gasteiger charge is 2.35. The molecule has 6 nitrogen and oxygen atoms in total. The van der Waals surface area contributed by atoms with E-state index in [0.717, 1.165) is 25.7 Å². The van der Waals surface area contributed by atoms with Crippen LogP contribution in [0.4, 0.5) is 4.79 Å². The van der Waals surface area contributed by atoms with E-state index in [-0.39, 0.29) is 0 Å². The van der Waals surface area contributed by atoms with E-state index < -0.39 is 23.6 Å². The summed E-state index contributed by atoms with van der Waals surface area (Å²) in [6, 6.07) is -0.527. The van der Waals surface area contributed by atoms with Crippen molar-refractivity contribution in [1.29, 1.82) is 0 Å². The average Bonchev–Trinajstić information content (AvgIpc) is 2.39. The number of urea groups is 1. The zero-order valence-corrected chi connectivity index (χ0v) is 11.1. The Balaban J connectivity index is 2.53. The Hall–Kier alpha value is -1.14. The Morgan fingerprint density at radius 2 is 1.94 bits per heavy atom. The fourth-order valence-electron chi connectivity index (χ4n) is 2.27. The monoisotopic (exact) mass is 257 g/mol. The fraction of sp³-hybridized carbons (Fsp3) is 0.833. The minimum absolute atomic E-state index is 0.405. The van der Waals surface area contributed by atoms with Crippen LogP contribution in [0.15, 0.2) is 0 Å². The summed E-state index contributed by atoms with van der Waals surface area (Å²) < 4.78 is 5.82. The number of ether oxygens (including phenoxy) is 1. The van der Waals surface area contributed by atoms with Crippen molar-refractivity contribution >= 4 is 11.9 Å². The highest BCUT2D eigenvalue weighted by atomic mass is 16.5. The number of hydrogen-bond donors (Lipinski definition) is 3. The van der Waals surface area contributed by atoms with Crippen molar-refractivity contribution in [2.45, 2.75) is 50.7 Å². The molecule has 0 saturated heterocycles. The standard InChI is InChI=1S/C12H23N3O3/c1-9(10(16)15-11(17)14-2)18-12(8-13)6-4-3-5-7-12/h9H,3-8,13H2,1-2H3,(H2,14,15,16,17). The third-order valence-electron chi connectivity index (χ3n) is 3.40. The number of carbonyl (C=O) groups is 2. The third kappa shape index (κ3) is 3.96. The Kier molecular flexibility index (Phi) is 5.55. The van der Waals surface area contributed by atoms with Crippen LogP contribution < -0.4 is 16.4 Å². The van der Waals surface area contributed by atoms with E-state index in [0.29, 0.717) is 6.54 Å². The lowest BCUT2D eigenvalue weighted by atomic mass is 9.84. The normalized spacial score (nSPS) is 19.9. The molecule has 1 rings (SSSR count). The predicted molar refractivity (Wildman–Crippen MR) is 68.0 cm³/mol. The molecular formula is C12H23N3O3. The molecule has 1 fully saturated rings. The molecule has 3 amide bonds. The van der Waals surface area contributed by atoms with E-state index >= 15 is 0 Å². The first-order chi connectivity index (χ1) is 8.53. The van der Waals surface area contributed by atoms with Crippen LogP contribution in [0.5, 0.6) is 0 Å². The highest BCUT2D eigenvalue weighted by molar-refractivity contribution is 5.96. The van der Waals surface area contributed by atoms with Gasteiger partial charge in [0.1, 0.15) is 6.10 Å². The Labute approximate surface area is 108 Å². The maximum atomic E-state index is 11.7. The van der Waals surface area contributed by atoms with Gasteiger partial charge in [-0.25, -0.2) is 4.79 Å². The van der Waals surface area contributed by atoms with Gasteiger partial charge in [-0.15, -0.1) is 0 Å². The van der Waals surface area contributed by atoms with E-state index in [1.807, 2.05) is 0 Å². The quantitative estimate of drug-likeness (QED) is 0.684. The lowest BCUT2D eigenvalue weighted by Gasteiger charge is -2.38. The van der Waals surface area contributed by atoms with Crippen LogP contribution >= 0.6 is 0 Å². The number of amides is 3. The maximum absolute atomic E-state index is 11.7. The second kappa shape index (κ2) is 6.70. The summed E-state index contributed by atoms with van der Waals surface area (Å²) in [7, 11) is 1.46. The summed E-state index contributed by atoms with van der Waals surface area (Å²) in [4.78, 5) is 22.8. The molecule has 1 aliphatic carbocycles. The van der Waals surface area contributed by atoms with Crippen molar-refractivity contribution in [3.63, 3.8) is 0 Å². The smallest absolute Gasteiger partial charge is 0.321 e. The van der Waals surface area contributed by atoms with Crippen molar-refractivity contribution in [3.05, 3.63) is 0 Å². The zero-order chi connectivity index (χ0) is 13.6. The first kappa shape index (κ1) is 14.9. The van der Waals surface area contributed by atoms with Gasteiger partial charge >= 0.3 is 6.03 Å². The number of rotatable bonds is 4. The lowest BCUT2D eigenvalue weighted by molar-refractivity contribution is -0.147. The highest BCUT2D eigenvalue weighted by Crippen LogP contribution is 2.31. The first-order valence-corrected chi connectivity index (χ1v) is 6.43. The molecule has 6 heteroatoms. The van der Waals surface area contributed by atoms with Gasteiger partial charge in [0.15, 0.2) is 0 Å². The van der Waals surface area contributed by atoms with E-state index in [4.69, 9.17) is 10.5 Å². The van der Waals surface area contributed by atoms with E-state index in [9.17, 15) is 9.59 Å². The summed E-state index contributed by atoms with van der Waals surface area (Å²) in [6.45, 7) is 2.05. The van der Waals surface area contributed by atoms with Gasteiger partial charge in [0.25, 0.3) is 5.91 Å². The third-order valence-corrected chi connectivity index (χ3v) is 3.40.